The Kier molecular flexibility index (Phi) is 6.61. The summed E-state index contributed by atoms with van der Waals surface area (Å²) in [4.78, 5) is 11.6. The summed E-state index contributed by atoms with van der Waals surface area (Å²) < 4.78 is 5.68. The van der Waals surface area contributed by atoms with Crippen molar-refractivity contribution in [3.8, 4) is 0 Å². The van der Waals surface area contributed by atoms with Gasteiger partial charge in [-0.2, -0.15) is 0 Å². The molecular formula is C18H22N2O2. The smallest absolute Gasteiger partial charge is 0.224 e. The maximum atomic E-state index is 11.6. The molecule has 3 N–H and O–H groups in total. The molecule has 116 valence electrons. The summed E-state index contributed by atoms with van der Waals surface area (Å²) >= 11 is 0. The molecule has 0 saturated carbocycles. The van der Waals surface area contributed by atoms with Crippen molar-refractivity contribution in [3.63, 3.8) is 0 Å². The summed E-state index contributed by atoms with van der Waals surface area (Å²) in [5.74, 6) is -0.00136. The van der Waals surface area contributed by atoms with Crippen LogP contribution in [-0.2, 0) is 22.7 Å². The van der Waals surface area contributed by atoms with E-state index in [0.717, 1.165) is 16.8 Å². The van der Waals surface area contributed by atoms with Crippen molar-refractivity contribution < 1.29 is 9.53 Å². The van der Waals surface area contributed by atoms with Crippen LogP contribution in [0.4, 0.5) is 5.69 Å². The third-order valence-electron chi connectivity index (χ3n) is 3.23. The molecule has 4 heteroatoms. The Balaban J connectivity index is 1.75. The molecule has 4 nitrogen and oxygen atoms in total. The van der Waals surface area contributed by atoms with Gasteiger partial charge in [-0.05, 0) is 36.2 Å². The Bertz CT molecular complexity index is 567. The first-order valence-corrected chi connectivity index (χ1v) is 7.48. The number of hydrogen-bond acceptors (Lipinski definition) is 3. The predicted molar refractivity (Wildman–Crippen MR) is 88.3 cm³/mol. The van der Waals surface area contributed by atoms with Crippen LogP contribution in [0, 0.1) is 0 Å². The summed E-state index contributed by atoms with van der Waals surface area (Å²) in [6.07, 6.45) is 1.16. The van der Waals surface area contributed by atoms with Crippen LogP contribution in [0.1, 0.15) is 24.0 Å². The molecule has 0 spiro atoms. The molecule has 0 fully saturated rings. The van der Waals surface area contributed by atoms with Crippen LogP contribution in [0.5, 0.6) is 0 Å². The Morgan fingerprint density at radius 1 is 0.955 bits per heavy atom. The Morgan fingerprint density at radius 2 is 1.59 bits per heavy atom. The van der Waals surface area contributed by atoms with Gasteiger partial charge in [0.25, 0.3) is 0 Å². The number of carbonyl (C=O) groups excluding carboxylic acids is 1. The second kappa shape index (κ2) is 8.97. The molecule has 2 aromatic rings. The van der Waals surface area contributed by atoms with Gasteiger partial charge in [0.1, 0.15) is 0 Å². The third-order valence-corrected chi connectivity index (χ3v) is 3.23. The molecule has 0 saturated heterocycles. The lowest BCUT2D eigenvalue weighted by Crippen LogP contribution is -2.13. The predicted octanol–water partition coefficient (Wildman–Crippen LogP) is 3.08. The molecule has 1 amide bonds. The minimum Gasteiger partial charge on any atom is -0.372 e. The average molecular weight is 298 g/mol. The first-order chi connectivity index (χ1) is 10.8. The van der Waals surface area contributed by atoms with E-state index in [9.17, 15) is 4.79 Å². The molecule has 0 aliphatic carbocycles. The molecular weight excluding hydrogens is 276 g/mol. The summed E-state index contributed by atoms with van der Waals surface area (Å²) in [5.41, 5.74) is 8.42. The van der Waals surface area contributed by atoms with Crippen LogP contribution in [0.25, 0.3) is 0 Å². The van der Waals surface area contributed by atoms with E-state index >= 15 is 0 Å². The minimum atomic E-state index is -0.00136. The molecule has 0 aromatic heterocycles. The second-order valence-corrected chi connectivity index (χ2v) is 5.12. The van der Waals surface area contributed by atoms with Crippen LogP contribution in [-0.4, -0.2) is 12.5 Å². The molecule has 0 atom stereocenters. The maximum absolute atomic E-state index is 11.6. The lowest BCUT2D eigenvalue weighted by Gasteiger charge is -2.07. The number of anilines is 1. The van der Waals surface area contributed by atoms with Crippen LogP contribution < -0.4 is 11.1 Å². The maximum Gasteiger partial charge on any atom is 0.224 e. The standard InChI is InChI=1S/C18H22N2O2/c19-12-4-7-18(21)20-17-10-8-16(9-11-17)14-22-13-15-5-2-1-3-6-15/h1-3,5-6,8-11H,4,7,12-14,19H2,(H,20,21). The first kappa shape index (κ1) is 16.2. The highest BCUT2D eigenvalue weighted by Crippen LogP contribution is 2.12. The highest BCUT2D eigenvalue weighted by atomic mass is 16.5. The van der Waals surface area contributed by atoms with Crippen molar-refractivity contribution in [2.75, 3.05) is 11.9 Å². The molecule has 0 aliphatic rings. The largest absolute Gasteiger partial charge is 0.372 e. The van der Waals surface area contributed by atoms with Gasteiger partial charge < -0.3 is 15.8 Å². The second-order valence-electron chi connectivity index (χ2n) is 5.12. The number of benzene rings is 2. The zero-order valence-corrected chi connectivity index (χ0v) is 12.6. The van der Waals surface area contributed by atoms with E-state index in [4.69, 9.17) is 10.5 Å². The molecule has 0 unspecified atom stereocenters. The van der Waals surface area contributed by atoms with E-state index in [1.165, 1.54) is 0 Å². The molecule has 0 heterocycles. The summed E-state index contributed by atoms with van der Waals surface area (Å²) in [7, 11) is 0. The van der Waals surface area contributed by atoms with Gasteiger partial charge >= 0.3 is 0 Å². The number of nitrogens with one attached hydrogen (secondary N) is 1. The number of hydrogen-bond donors (Lipinski definition) is 2. The Morgan fingerprint density at radius 3 is 2.23 bits per heavy atom. The van der Waals surface area contributed by atoms with Crippen molar-refractivity contribution in [3.05, 3.63) is 65.7 Å². The zero-order valence-electron chi connectivity index (χ0n) is 12.6. The van der Waals surface area contributed by atoms with Gasteiger partial charge in [-0.25, -0.2) is 0 Å². The van der Waals surface area contributed by atoms with E-state index in [2.05, 4.69) is 5.32 Å². The Hall–Kier alpha value is -2.17. The van der Waals surface area contributed by atoms with E-state index < -0.39 is 0 Å². The van der Waals surface area contributed by atoms with Crippen LogP contribution in [0.3, 0.4) is 0 Å². The monoisotopic (exact) mass is 298 g/mol. The summed E-state index contributed by atoms with van der Waals surface area (Å²) in [5, 5.41) is 2.85. The van der Waals surface area contributed by atoms with E-state index in [0.29, 0.717) is 32.6 Å². The fourth-order valence-electron chi connectivity index (χ4n) is 2.03. The topological polar surface area (TPSA) is 64.4 Å². The highest BCUT2D eigenvalue weighted by molar-refractivity contribution is 5.90. The van der Waals surface area contributed by atoms with E-state index in [-0.39, 0.29) is 5.91 Å². The van der Waals surface area contributed by atoms with Gasteiger partial charge in [0.15, 0.2) is 0 Å². The van der Waals surface area contributed by atoms with E-state index in [1.807, 2.05) is 54.6 Å². The molecule has 22 heavy (non-hydrogen) atoms. The van der Waals surface area contributed by atoms with Crippen molar-refractivity contribution in [2.45, 2.75) is 26.1 Å². The number of amides is 1. The zero-order chi connectivity index (χ0) is 15.6. The van der Waals surface area contributed by atoms with Crippen LogP contribution in [0.15, 0.2) is 54.6 Å². The van der Waals surface area contributed by atoms with Crippen molar-refractivity contribution in [1.29, 1.82) is 0 Å². The van der Waals surface area contributed by atoms with Gasteiger partial charge in [-0.1, -0.05) is 42.5 Å². The normalized spacial score (nSPS) is 10.4. The van der Waals surface area contributed by atoms with Gasteiger partial charge in [-0.3, -0.25) is 4.79 Å². The molecule has 2 aromatic carbocycles. The SMILES string of the molecule is NCCCC(=O)Nc1ccc(COCc2ccccc2)cc1. The van der Waals surface area contributed by atoms with Crippen molar-refractivity contribution in [2.24, 2.45) is 5.73 Å². The van der Waals surface area contributed by atoms with Crippen molar-refractivity contribution >= 4 is 11.6 Å². The number of rotatable bonds is 8. The molecule has 2 rings (SSSR count). The third kappa shape index (κ3) is 5.68. The lowest BCUT2D eigenvalue weighted by atomic mass is 10.2. The van der Waals surface area contributed by atoms with Gasteiger partial charge in [0.05, 0.1) is 13.2 Å². The summed E-state index contributed by atoms with van der Waals surface area (Å²) in [6, 6.07) is 17.8. The average Bonchev–Trinajstić information content (AvgIpc) is 2.55. The minimum absolute atomic E-state index is 0.00136. The summed E-state index contributed by atoms with van der Waals surface area (Å²) in [6.45, 7) is 1.68. The van der Waals surface area contributed by atoms with Gasteiger partial charge in [0.2, 0.25) is 5.91 Å². The fourth-order valence-corrected chi connectivity index (χ4v) is 2.03. The van der Waals surface area contributed by atoms with Crippen LogP contribution in [0.2, 0.25) is 0 Å². The van der Waals surface area contributed by atoms with E-state index in [1.54, 1.807) is 0 Å². The first-order valence-electron chi connectivity index (χ1n) is 7.48. The van der Waals surface area contributed by atoms with Gasteiger partial charge in [-0.15, -0.1) is 0 Å². The van der Waals surface area contributed by atoms with Crippen LogP contribution >= 0.6 is 0 Å². The fraction of sp³-hybridized carbons (Fsp3) is 0.278. The van der Waals surface area contributed by atoms with Gasteiger partial charge in [0, 0.05) is 12.1 Å². The molecule has 0 radical (unpaired) electrons. The number of ether oxygens (including phenoxy) is 1. The molecule has 0 bridgehead atoms. The van der Waals surface area contributed by atoms with Crippen molar-refractivity contribution in [1.82, 2.24) is 0 Å². The number of nitrogens with two attached hydrogens (primary N) is 1. The lowest BCUT2D eigenvalue weighted by molar-refractivity contribution is -0.116. The Labute approximate surface area is 131 Å². The molecule has 0 aliphatic heterocycles. The quantitative estimate of drug-likeness (QED) is 0.787. The highest BCUT2D eigenvalue weighted by Gasteiger charge is 2.02. The number of carbonyl (C=O) groups is 1.